The highest BCUT2D eigenvalue weighted by Crippen LogP contribution is 2.29. The highest BCUT2D eigenvalue weighted by atomic mass is 16.5. The summed E-state index contributed by atoms with van der Waals surface area (Å²) < 4.78 is 12.9. The molecule has 28 heavy (non-hydrogen) atoms. The highest BCUT2D eigenvalue weighted by Gasteiger charge is 2.18. The van der Waals surface area contributed by atoms with Crippen LogP contribution < -0.4 is 20.1 Å². The van der Waals surface area contributed by atoms with E-state index in [9.17, 15) is 9.59 Å². The predicted molar refractivity (Wildman–Crippen MR) is 103 cm³/mol. The number of carbonyl (C=O) groups is 2. The standard InChI is InChI=1S/C20H18N4O4/c1-24-9-8-21-18(24)11-27-15-5-3-14(4-6-15)22-20(26)13-2-7-16-17(10-13)28-12-19(25)23-16/h2-10H,11-12H2,1H3,(H,22,26)(H,23,25). The van der Waals surface area contributed by atoms with Crippen molar-refractivity contribution in [2.75, 3.05) is 17.2 Å². The number of ether oxygens (including phenoxy) is 2. The number of nitrogens with zero attached hydrogens (tertiary/aromatic N) is 2. The van der Waals surface area contributed by atoms with Gasteiger partial charge in [-0.25, -0.2) is 4.98 Å². The minimum Gasteiger partial charge on any atom is -0.486 e. The van der Waals surface area contributed by atoms with Crippen LogP contribution in [0.15, 0.2) is 54.9 Å². The molecule has 0 unspecified atom stereocenters. The molecule has 8 nitrogen and oxygen atoms in total. The maximum Gasteiger partial charge on any atom is 0.262 e. The Morgan fingerprint density at radius 2 is 2.11 bits per heavy atom. The molecule has 1 aliphatic heterocycles. The van der Waals surface area contributed by atoms with Gasteiger partial charge in [0.2, 0.25) is 0 Å². The van der Waals surface area contributed by atoms with Gasteiger partial charge in [0.25, 0.3) is 11.8 Å². The Balaban J connectivity index is 1.38. The summed E-state index contributed by atoms with van der Waals surface area (Å²) in [4.78, 5) is 28.0. The Kier molecular flexibility index (Phi) is 4.67. The molecule has 2 N–H and O–H groups in total. The monoisotopic (exact) mass is 378 g/mol. The van der Waals surface area contributed by atoms with Gasteiger partial charge in [0.05, 0.1) is 5.69 Å². The molecule has 8 heteroatoms. The van der Waals surface area contributed by atoms with Crippen molar-refractivity contribution >= 4 is 23.2 Å². The second-order valence-electron chi connectivity index (χ2n) is 6.27. The molecule has 3 aromatic rings. The molecule has 2 heterocycles. The van der Waals surface area contributed by atoms with Crippen LogP contribution in [0.4, 0.5) is 11.4 Å². The summed E-state index contributed by atoms with van der Waals surface area (Å²) in [7, 11) is 1.91. The van der Waals surface area contributed by atoms with E-state index < -0.39 is 0 Å². The Labute approximate surface area is 161 Å². The lowest BCUT2D eigenvalue weighted by Crippen LogP contribution is -2.25. The van der Waals surface area contributed by atoms with Crippen molar-refractivity contribution in [3.8, 4) is 11.5 Å². The second-order valence-corrected chi connectivity index (χ2v) is 6.27. The van der Waals surface area contributed by atoms with Gasteiger partial charge in [-0.3, -0.25) is 9.59 Å². The van der Waals surface area contributed by atoms with Crippen LogP contribution in [0.25, 0.3) is 0 Å². The Bertz CT molecular complexity index is 1030. The number of nitrogens with one attached hydrogen (secondary N) is 2. The zero-order valence-corrected chi connectivity index (χ0v) is 15.1. The molecule has 142 valence electrons. The van der Waals surface area contributed by atoms with Crippen molar-refractivity contribution in [1.82, 2.24) is 9.55 Å². The van der Waals surface area contributed by atoms with Gasteiger partial charge in [-0.15, -0.1) is 0 Å². The quantitative estimate of drug-likeness (QED) is 0.712. The van der Waals surface area contributed by atoms with Crippen LogP contribution >= 0.6 is 0 Å². The first-order chi connectivity index (χ1) is 13.6. The molecule has 0 atom stereocenters. The molecule has 0 saturated carbocycles. The average molecular weight is 378 g/mol. The van der Waals surface area contributed by atoms with Crippen LogP contribution in [0, 0.1) is 0 Å². The summed E-state index contributed by atoms with van der Waals surface area (Å²) >= 11 is 0. The van der Waals surface area contributed by atoms with Crippen molar-refractivity contribution in [3.05, 3.63) is 66.2 Å². The lowest BCUT2D eigenvalue weighted by molar-refractivity contribution is -0.118. The summed E-state index contributed by atoms with van der Waals surface area (Å²) in [6, 6.07) is 12.0. The Morgan fingerprint density at radius 3 is 2.86 bits per heavy atom. The van der Waals surface area contributed by atoms with E-state index in [0.717, 1.165) is 5.82 Å². The van der Waals surface area contributed by atoms with Gasteiger partial charge in [0.1, 0.15) is 23.9 Å². The molecule has 2 amide bonds. The molecule has 0 saturated heterocycles. The van der Waals surface area contributed by atoms with Gasteiger partial charge >= 0.3 is 0 Å². The van der Waals surface area contributed by atoms with Crippen LogP contribution in [0.5, 0.6) is 11.5 Å². The molecule has 4 rings (SSSR count). The SMILES string of the molecule is Cn1ccnc1COc1ccc(NC(=O)c2ccc3c(c2)OCC(=O)N3)cc1. The smallest absolute Gasteiger partial charge is 0.262 e. The number of carbonyl (C=O) groups excluding carboxylic acids is 2. The van der Waals surface area contributed by atoms with Crippen LogP contribution in [-0.2, 0) is 18.4 Å². The minimum atomic E-state index is -0.273. The minimum absolute atomic E-state index is 0.0577. The summed E-state index contributed by atoms with van der Waals surface area (Å²) in [6.07, 6.45) is 3.58. The van der Waals surface area contributed by atoms with E-state index in [1.807, 2.05) is 17.8 Å². The molecular formula is C20H18N4O4. The van der Waals surface area contributed by atoms with Gasteiger partial charge in [-0.05, 0) is 42.5 Å². The fraction of sp³-hybridized carbons (Fsp3) is 0.150. The molecule has 0 aliphatic carbocycles. The maximum atomic E-state index is 12.5. The van der Waals surface area contributed by atoms with Gasteiger partial charge in [0.15, 0.2) is 6.61 Å². The highest BCUT2D eigenvalue weighted by molar-refractivity contribution is 6.05. The van der Waals surface area contributed by atoms with E-state index >= 15 is 0 Å². The molecule has 0 bridgehead atoms. The number of amides is 2. The van der Waals surface area contributed by atoms with Crippen LogP contribution in [0.1, 0.15) is 16.2 Å². The van der Waals surface area contributed by atoms with Crippen molar-refractivity contribution < 1.29 is 19.1 Å². The zero-order chi connectivity index (χ0) is 19.5. The van der Waals surface area contributed by atoms with Gasteiger partial charge in [-0.1, -0.05) is 0 Å². The van der Waals surface area contributed by atoms with E-state index in [-0.39, 0.29) is 18.4 Å². The van der Waals surface area contributed by atoms with Crippen LogP contribution in [0.2, 0.25) is 0 Å². The third-order valence-corrected chi connectivity index (χ3v) is 4.28. The van der Waals surface area contributed by atoms with Crippen molar-refractivity contribution in [2.45, 2.75) is 6.61 Å². The molecule has 2 aromatic carbocycles. The number of aryl methyl sites for hydroxylation is 1. The number of rotatable bonds is 5. The van der Waals surface area contributed by atoms with Gasteiger partial charge in [-0.2, -0.15) is 0 Å². The van der Waals surface area contributed by atoms with Crippen LogP contribution in [0.3, 0.4) is 0 Å². The number of benzene rings is 2. The third kappa shape index (κ3) is 3.80. The molecule has 0 spiro atoms. The van der Waals surface area contributed by atoms with Crippen molar-refractivity contribution in [3.63, 3.8) is 0 Å². The van der Waals surface area contributed by atoms with E-state index in [4.69, 9.17) is 9.47 Å². The number of aromatic nitrogens is 2. The van der Waals surface area contributed by atoms with Crippen molar-refractivity contribution in [2.24, 2.45) is 7.05 Å². The molecule has 0 fully saturated rings. The zero-order valence-electron chi connectivity index (χ0n) is 15.1. The summed E-state index contributed by atoms with van der Waals surface area (Å²) in [6.45, 7) is 0.304. The van der Waals surface area contributed by atoms with Crippen molar-refractivity contribution in [1.29, 1.82) is 0 Å². The Morgan fingerprint density at radius 1 is 1.29 bits per heavy atom. The Hall–Kier alpha value is -3.81. The molecule has 1 aliphatic rings. The first-order valence-corrected chi connectivity index (χ1v) is 8.65. The van der Waals surface area contributed by atoms with E-state index in [2.05, 4.69) is 15.6 Å². The predicted octanol–water partition coefficient (Wildman–Crippen LogP) is 2.58. The van der Waals surface area contributed by atoms with Crippen LogP contribution in [-0.4, -0.2) is 28.0 Å². The fourth-order valence-electron chi connectivity index (χ4n) is 2.74. The van der Waals surface area contributed by atoms with E-state index in [1.165, 1.54) is 0 Å². The number of anilines is 2. The largest absolute Gasteiger partial charge is 0.486 e. The fourth-order valence-corrected chi connectivity index (χ4v) is 2.74. The summed E-state index contributed by atoms with van der Waals surface area (Å²) in [5.74, 6) is 1.49. The van der Waals surface area contributed by atoms with Gasteiger partial charge < -0.3 is 24.7 Å². The molecule has 0 radical (unpaired) electrons. The number of fused-ring (bicyclic) bond motifs is 1. The first-order valence-electron chi connectivity index (χ1n) is 8.65. The van der Waals surface area contributed by atoms with E-state index in [1.54, 1.807) is 48.7 Å². The number of hydrogen-bond acceptors (Lipinski definition) is 5. The molecule has 1 aromatic heterocycles. The topological polar surface area (TPSA) is 94.5 Å². The van der Waals surface area contributed by atoms with E-state index in [0.29, 0.717) is 35.0 Å². The second kappa shape index (κ2) is 7.43. The summed E-state index contributed by atoms with van der Waals surface area (Å²) in [5, 5.41) is 5.52. The average Bonchev–Trinajstić information content (AvgIpc) is 3.12. The first kappa shape index (κ1) is 17.6. The maximum absolute atomic E-state index is 12.5. The normalized spacial score (nSPS) is 12.5. The lowest BCUT2D eigenvalue weighted by Gasteiger charge is -2.18. The number of hydrogen-bond donors (Lipinski definition) is 2. The molecular weight excluding hydrogens is 360 g/mol. The van der Waals surface area contributed by atoms with Gasteiger partial charge in [0, 0.05) is 30.7 Å². The lowest BCUT2D eigenvalue weighted by atomic mass is 10.1. The third-order valence-electron chi connectivity index (χ3n) is 4.28. The number of imidazole rings is 1. The summed E-state index contributed by atoms with van der Waals surface area (Å²) in [5.41, 5.74) is 1.63.